The molecule has 0 saturated heterocycles. The van der Waals surface area contributed by atoms with Crippen LogP contribution in [-0.2, 0) is 12.8 Å². The Balaban J connectivity index is 1.35. The van der Waals surface area contributed by atoms with Crippen molar-refractivity contribution in [3.63, 3.8) is 0 Å². The fraction of sp³-hybridized carbons (Fsp3) is 0.273. The van der Waals surface area contributed by atoms with Crippen molar-refractivity contribution in [1.29, 1.82) is 0 Å². The number of benzene rings is 2. The largest absolute Gasteiger partial charge is 0.356 e. The molecule has 0 saturated carbocycles. The fourth-order valence-electron chi connectivity index (χ4n) is 2.93. The predicted octanol–water partition coefficient (Wildman–Crippen LogP) is 3.21. The molecule has 5 heteroatoms. The quantitative estimate of drug-likeness (QED) is 0.368. The van der Waals surface area contributed by atoms with Gasteiger partial charge in [0.2, 0.25) is 0 Å². The normalized spacial score (nSPS) is 11.4. The number of rotatable bonds is 8. The van der Waals surface area contributed by atoms with Crippen LogP contribution in [0, 0.1) is 0 Å². The van der Waals surface area contributed by atoms with Gasteiger partial charge in [-0.25, -0.2) is 4.68 Å². The molecule has 0 radical (unpaired) electrons. The first-order chi connectivity index (χ1) is 13.3. The smallest absolute Gasteiger partial charge is 0.190 e. The van der Waals surface area contributed by atoms with Gasteiger partial charge in [0.1, 0.15) is 0 Å². The number of hydrogen-bond acceptors (Lipinski definition) is 2. The second-order valence-corrected chi connectivity index (χ2v) is 6.38. The molecule has 2 aromatic carbocycles. The van der Waals surface area contributed by atoms with Crippen LogP contribution >= 0.6 is 0 Å². The molecule has 0 atom stereocenters. The number of nitrogens with one attached hydrogen (secondary N) is 2. The van der Waals surface area contributed by atoms with Gasteiger partial charge in [-0.1, -0.05) is 42.5 Å². The van der Waals surface area contributed by atoms with E-state index in [1.54, 1.807) is 6.20 Å². The Morgan fingerprint density at radius 2 is 1.63 bits per heavy atom. The van der Waals surface area contributed by atoms with E-state index in [2.05, 4.69) is 75.3 Å². The summed E-state index contributed by atoms with van der Waals surface area (Å²) in [6, 6.07) is 21.0. The maximum absolute atomic E-state index is 4.29. The van der Waals surface area contributed by atoms with E-state index in [1.807, 2.05) is 24.0 Å². The molecule has 140 valence electrons. The van der Waals surface area contributed by atoms with Crippen LogP contribution in [0.4, 0.5) is 0 Å². The molecule has 5 nitrogen and oxygen atoms in total. The number of aliphatic imine (C=N–C) groups is 1. The van der Waals surface area contributed by atoms with Crippen molar-refractivity contribution >= 4 is 5.96 Å². The Morgan fingerprint density at radius 1 is 0.889 bits per heavy atom. The van der Waals surface area contributed by atoms with E-state index in [-0.39, 0.29) is 0 Å². The van der Waals surface area contributed by atoms with Gasteiger partial charge in [-0.3, -0.25) is 4.99 Å². The van der Waals surface area contributed by atoms with Crippen molar-refractivity contribution in [2.24, 2.45) is 4.99 Å². The molecule has 0 aliphatic carbocycles. The third-order valence-electron chi connectivity index (χ3n) is 4.41. The molecule has 1 aromatic heterocycles. The summed E-state index contributed by atoms with van der Waals surface area (Å²) < 4.78 is 1.86. The highest BCUT2D eigenvalue weighted by Crippen LogP contribution is 2.08. The summed E-state index contributed by atoms with van der Waals surface area (Å²) in [7, 11) is 1.81. The first-order valence-corrected chi connectivity index (χ1v) is 9.42. The van der Waals surface area contributed by atoms with Crippen LogP contribution in [-0.4, -0.2) is 35.9 Å². The van der Waals surface area contributed by atoms with Gasteiger partial charge in [-0.15, -0.1) is 0 Å². The number of aryl methyl sites for hydroxylation is 1. The predicted molar refractivity (Wildman–Crippen MR) is 111 cm³/mol. The summed E-state index contributed by atoms with van der Waals surface area (Å²) in [4.78, 5) is 4.29. The molecule has 3 rings (SSSR count). The topological polar surface area (TPSA) is 54.2 Å². The average Bonchev–Trinajstić information content (AvgIpc) is 3.26. The SMILES string of the molecule is CN=C(NCCCc1ccccc1)NCCc1ccc(-n2cccn2)cc1. The Labute approximate surface area is 161 Å². The molecule has 0 aliphatic heterocycles. The van der Waals surface area contributed by atoms with E-state index >= 15 is 0 Å². The minimum absolute atomic E-state index is 0.847. The van der Waals surface area contributed by atoms with Crippen LogP contribution < -0.4 is 10.6 Å². The van der Waals surface area contributed by atoms with Crippen LogP contribution in [0.25, 0.3) is 5.69 Å². The van der Waals surface area contributed by atoms with Crippen molar-refractivity contribution in [1.82, 2.24) is 20.4 Å². The maximum atomic E-state index is 4.29. The molecular weight excluding hydrogens is 334 g/mol. The van der Waals surface area contributed by atoms with Crippen LogP contribution in [0.15, 0.2) is 78.0 Å². The van der Waals surface area contributed by atoms with Crippen molar-refractivity contribution in [3.8, 4) is 5.69 Å². The number of nitrogens with zero attached hydrogens (tertiary/aromatic N) is 3. The first-order valence-electron chi connectivity index (χ1n) is 9.42. The molecule has 1 heterocycles. The van der Waals surface area contributed by atoms with Crippen molar-refractivity contribution in [2.75, 3.05) is 20.1 Å². The summed E-state index contributed by atoms with van der Waals surface area (Å²) in [6.07, 6.45) is 6.84. The van der Waals surface area contributed by atoms with Gasteiger partial charge in [-0.2, -0.15) is 5.10 Å². The van der Waals surface area contributed by atoms with E-state index < -0.39 is 0 Å². The van der Waals surface area contributed by atoms with Gasteiger partial charge < -0.3 is 10.6 Å². The molecule has 0 bridgehead atoms. The van der Waals surface area contributed by atoms with E-state index in [4.69, 9.17) is 0 Å². The van der Waals surface area contributed by atoms with Gasteiger partial charge in [0.25, 0.3) is 0 Å². The summed E-state index contributed by atoms with van der Waals surface area (Å²) >= 11 is 0. The molecule has 0 amide bonds. The third kappa shape index (κ3) is 5.99. The van der Waals surface area contributed by atoms with E-state index in [0.29, 0.717) is 0 Å². The van der Waals surface area contributed by atoms with Crippen LogP contribution in [0.2, 0.25) is 0 Å². The van der Waals surface area contributed by atoms with E-state index in [9.17, 15) is 0 Å². The van der Waals surface area contributed by atoms with E-state index in [0.717, 1.165) is 44.0 Å². The Kier molecular flexibility index (Phi) is 7.04. The Bertz CT molecular complexity index is 808. The lowest BCUT2D eigenvalue weighted by atomic mass is 10.1. The third-order valence-corrected chi connectivity index (χ3v) is 4.41. The standard InChI is InChI=1S/C22H27N5/c1-23-22(24-15-5-9-19-7-3-2-4-8-19)25-17-14-20-10-12-21(13-11-20)27-18-6-16-26-27/h2-4,6-8,10-13,16,18H,5,9,14-15,17H2,1H3,(H2,23,24,25). The molecule has 27 heavy (non-hydrogen) atoms. The van der Waals surface area contributed by atoms with Gasteiger partial charge in [0.05, 0.1) is 5.69 Å². The zero-order valence-electron chi connectivity index (χ0n) is 15.8. The number of guanidine groups is 1. The summed E-state index contributed by atoms with van der Waals surface area (Å²) in [5.74, 6) is 0.858. The lowest BCUT2D eigenvalue weighted by Gasteiger charge is -2.12. The molecular formula is C22H27N5. The first kappa shape index (κ1) is 18.7. The highest BCUT2D eigenvalue weighted by Gasteiger charge is 2.00. The van der Waals surface area contributed by atoms with Crippen LogP contribution in [0.5, 0.6) is 0 Å². The highest BCUT2D eigenvalue weighted by atomic mass is 15.3. The van der Waals surface area contributed by atoms with Gasteiger partial charge in [-0.05, 0) is 48.6 Å². The minimum Gasteiger partial charge on any atom is -0.356 e. The summed E-state index contributed by atoms with van der Waals surface area (Å²) in [6.45, 7) is 1.76. The monoisotopic (exact) mass is 361 g/mol. The minimum atomic E-state index is 0.847. The van der Waals surface area contributed by atoms with Crippen LogP contribution in [0.3, 0.4) is 0 Å². The second kappa shape index (κ2) is 10.2. The van der Waals surface area contributed by atoms with Crippen LogP contribution in [0.1, 0.15) is 17.5 Å². The Hall–Kier alpha value is -3.08. The van der Waals surface area contributed by atoms with E-state index in [1.165, 1.54) is 11.1 Å². The lowest BCUT2D eigenvalue weighted by Crippen LogP contribution is -2.38. The summed E-state index contributed by atoms with van der Waals surface area (Å²) in [5, 5.41) is 11.0. The molecule has 0 fully saturated rings. The average molecular weight is 361 g/mol. The Morgan fingerprint density at radius 3 is 2.33 bits per heavy atom. The number of hydrogen-bond donors (Lipinski definition) is 2. The molecule has 0 unspecified atom stereocenters. The highest BCUT2D eigenvalue weighted by molar-refractivity contribution is 5.79. The molecule has 2 N–H and O–H groups in total. The maximum Gasteiger partial charge on any atom is 0.190 e. The van der Waals surface area contributed by atoms with Gasteiger partial charge >= 0.3 is 0 Å². The fourth-order valence-corrected chi connectivity index (χ4v) is 2.93. The molecule has 0 spiro atoms. The van der Waals surface area contributed by atoms with Gasteiger partial charge in [0.15, 0.2) is 5.96 Å². The van der Waals surface area contributed by atoms with Crippen molar-refractivity contribution in [2.45, 2.75) is 19.3 Å². The van der Waals surface area contributed by atoms with Gasteiger partial charge in [0, 0.05) is 32.5 Å². The lowest BCUT2D eigenvalue weighted by molar-refractivity contribution is 0.739. The van der Waals surface area contributed by atoms with Crippen molar-refractivity contribution < 1.29 is 0 Å². The number of aromatic nitrogens is 2. The second-order valence-electron chi connectivity index (χ2n) is 6.38. The molecule has 3 aromatic rings. The van der Waals surface area contributed by atoms with Crippen molar-refractivity contribution in [3.05, 3.63) is 84.2 Å². The zero-order chi connectivity index (χ0) is 18.7. The zero-order valence-corrected chi connectivity index (χ0v) is 15.8. The molecule has 0 aliphatic rings. The summed E-state index contributed by atoms with van der Waals surface area (Å²) in [5.41, 5.74) is 3.74.